The van der Waals surface area contributed by atoms with E-state index in [1.807, 2.05) is 6.07 Å². The fraction of sp³-hybridized carbons (Fsp3) is 0.308. The first-order valence-corrected chi connectivity index (χ1v) is 12.0. The number of carboxylic acid groups (broad SMARTS) is 1. The summed E-state index contributed by atoms with van der Waals surface area (Å²) in [6, 6.07) is 12.9. The van der Waals surface area contributed by atoms with Gasteiger partial charge >= 0.3 is 12.1 Å². The molecule has 0 radical (unpaired) electrons. The first-order chi connectivity index (χ1) is 18.2. The van der Waals surface area contributed by atoms with Gasteiger partial charge in [-0.25, -0.2) is 4.79 Å². The topological polar surface area (TPSA) is 162 Å². The predicted octanol–water partition coefficient (Wildman–Crippen LogP) is 1.50. The molecule has 1 fully saturated rings. The minimum atomic E-state index is -1.06. The Labute approximate surface area is 217 Å². The number of fused-ring (bicyclic) bond motifs is 1. The number of hydrogen-bond acceptors (Lipinski definition) is 7. The molecule has 1 saturated heterocycles. The van der Waals surface area contributed by atoms with Gasteiger partial charge in [0.05, 0.1) is 6.42 Å². The highest BCUT2D eigenvalue weighted by molar-refractivity contribution is 6.06. The number of benzene rings is 2. The van der Waals surface area contributed by atoms with Crippen LogP contribution in [0, 0.1) is 0 Å². The molecule has 0 aromatic heterocycles. The maximum Gasteiger partial charge on any atom is 0.412 e. The van der Waals surface area contributed by atoms with Crippen molar-refractivity contribution in [2.24, 2.45) is 0 Å². The lowest BCUT2D eigenvalue weighted by molar-refractivity contribution is -0.140. The van der Waals surface area contributed by atoms with Crippen LogP contribution in [0.4, 0.5) is 10.5 Å². The number of amides is 5. The van der Waals surface area contributed by atoms with Crippen LogP contribution in [-0.4, -0.2) is 69.8 Å². The molecule has 0 saturated carbocycles. The molecular formula is C26H26N4O8. The van der Waals surface area contributed by atoms with Crippen LogP contribution >= 0.6 is 0 Å². The van der Waals surface area contributed by atoms with Gasteiger partial charge in [0.1, 0.15) is 6.04 Å². The Morgan fingerprint density at radius 2 is 1.84 bits per heavy atom. The summed E-state index contributed by atoms with van der Waals surface area (Å²) in [6.45, 7) is -0.467. The van der Waals surface area contributed by atoms with Crippen molar-refractivity contribution in [3.05, 3.63) is 65.2 Å². The van der Waals surface area contributed by atoms with E-state index in [4.69, 9.17) is 9.84 Å². The van der Waals surface area contributed by atoms with Gasteiger partial charge in [-0.1, -0.05) is 36.4 Å². The number of piperidine rings is 1. The first kappa shape index (κ1) is 26.3. The largest absolute Gasteiger partial charge is 0.481 e. The maximum absolute atomic E-state index is 12.9. The van der Waals surface area contributed by atoms with E-state index >= 15 is 0 Å². The van der Waals surface area contributed by atoms with Gasteiger partial charge in [-0.2, -0.15) is 0 Å². The quantitative estimate of drug-likeness (QED) is 0.417. The highest BCUT2D eigenvalue weighted by Gasteiger charge is 2.40. The van der Waals surface area contributed by atoms with Crippen molar-refractivity contribution < 1.29 is 38.6 Å². The van der Waals surface area contributed by atoms with Crippen molar-refractivity contribution in [1.29, 1.82) is 0 Å². The molecule has 2 aromatic carbocycles. The van der Waals surface area contributed by atoms with Gasteiger partial charge in [0.25, 0.3) is 11.8 Å². The van der Waals surface area contributed by atoms with E-state index in [2.05, 4.69) is 10.6 Å². The summed E-state index contributed by atoms with van der Waals surface area (Å²) < 4.78 is 5.10. The van der Waals surface area contributed by atoms with Gasteiger partial charge in [0.2, 0.25) is 11.8 Å². The number of anilines is 1. The normalized spacial score (nSPS) is 16.5. The number of imide groups is 1. The summed E-state index contributed by atoms with van der Waals surface area (Å²) in [5.41, 5.74) is 1.87. The third-order valence-electron chi connectivity index (χ3n) is 6.31. The molecule has 38 heavy (non-hydrogen) atoms. The van der Waals surface area contributed by atoms with Crippen LogP contribution in [0.1, 0.15) is 40.7 Å². The smallest absolute Gasteiger partial charge is 0.412 e. The molecule has 0 aliphatic carbocycles. The zero-order valence-corrected chi connectivity index (χ0v) is 20.3. The molecular weight excluding hydrogens is 496 g/mol. The van der Waals surface area contributed by atoms with Crippen molar-refractivity contribution in [2.45, 2.75) is 38.4 Å². The molecule has 5 amide bonds. The lowest BCUT2D eigenvalue weighted by atomic mass is 10.0. The number of carboxylic acids is 1. The summed E-state index contributed by atoms with van der Waals surface area (Å²) in [6.07, 6.45) is -0.871. The number of aliphatic carboxylic acids is 1. The summed E-state index contributed by atoms with van der Waals surface area (Å²) in [7, 11) is 0. The molecule has 198 valence electrons. The van der Waals surface area contributed by atoms with Gasteiger partial charge in [-0.05, 0) is 24.1 Å². The van der Waals surface area contributed by atoms with E-state index < -0.39 is 42.4 Å². The second kappa shape index (κ2) is 11.5. The predicted molar refractivity (Wildman–Crippen MR) is 132 cm³/mol. The van der Waals surface area contributed by atoms with Crippen LogP contribution in [0.15, 0.2) is 48.5 Å². The number of ether oxygens (including phenoxy) is 1. The Kier molecular flexibility index (Phi) is 8.00. The van der Waals surface area contributed by atoms with Crippen LogP contribution in [0.2, 0.25) is 0 Å². The molecule has 4 rings (SSSR count). The molecule has 1 atom stereocenters. The van der Waals surface area contributed by atoms with Crippen molar-refractivity contribution in [2.75, 3.05) is 18.5 Å². The molecule has 2 aliphatic rings. The number of rotatable bonds is 9. The molecule has 2 aliphatic heterocycles. The summed E-state index contributed by atoms with van der Waals surface area (Å²) in [5.74, 6) is -2.95. The Balaban J connectivity index is 1.38. The van der Waals surface area contributed by atoms with Crippen LogP contribution in [0.5, 0.6) is 0 Å². The van der Waals surface area contributed by atoms with E-state index in [0.717, 1.165) is 5.56 Å². The lowest BCUT2D eigenvalue weighted by Gasteiger charge is -2.29. The number of nitrogens with one attached hydrogen (secondary N) is 2. The average Bonchev–Trinajstić information content (AvgIpc) is 3.22. The van der Waals surface area contributed by atoms with Crippen molar-refractivity contribution in [3.63, 3.8) is 0 Å². The van der Waals surface area contributed by atoms with Crippen LogP contribution in [0.25, 0.3) is 0 Å². The average molecular weight is 523 g/mol. The molecule has 12 nitrogen and oxygen atoms in total. The maximum atomic E-state index is 12.9. The van der Waals surface area contributed by atoms with E-state index in [-0.39, 0.29) is 50.5 Å². The van der Waals surface area contributed by atoms with Crippen molar-refractivity contribution >= 4 is 41.4 Å². The van der Waals surface area contributed by atoms with Gasteiger partial charge in [0, 0.05) is 42.9 Å². The molecule has 0 spiro atoms. The Morgan fingerprint density at radius 3 is 2.55 bits per heavy atom. The number of carbonyl (C=O) groups excluding carboxylic acids is 5. The minimum Gasteiger partial charge on any atom is -0.481 e. The third-order valence-corrected chi connectivity index (χ3v) is 6.31. The fourth-order valence-electron chi connectivity index (χ4n) is 4.39. The minimum absolute atomic E-state index is 0.0515. The van der Waals surface area contributed by atoms with E-state index in [0.29, 0.717) is 11.1 Å². The van der Waals surface area contributed by atoms with E-state index in [1.165, 1.54) is 9.80 Å². The van der Waals surface area contributed by atoms with E-state index in [1.54, 1.807) is 42.5 Å². The van der Waals surface area contributed by atoms with Crippen molar-refractivity contribution in [1.82, 2.24) is 15.1 Å². The van der Waals surface area contributed by atoms with Gasteiger partial charge in [0.15, 0.2) is 6.61 Å². The van der Waals surface area contributed by atoms with Crippen LogP contribution in [-0.2, 0) is 37.0 Å². The second-order valence-electron chi connectivity index (χ2n) is 8.88. The Hall–Kier alpha value is -4.74. The van der Waals surface area contributed by atoms with Gasteiger partial charge < -0.3 is 19.6 Å². The summed E-state index contributed by atoms with van der Waals surface area (Å²) in [4.78, 5) is 75.6. The van der Waals surface area contributed by atoms with Gasteiger partial charge in [-0.3, -0.25) is 34.6 Å². The Morgan fingerprint density at radius 1 is 1.08 bits per heavy atom. The zero-order valence-electron chi connectivity index (χ0n) is 20.3. The highest BCUT2D eigenvalue weighted by atomic mass is 16.6. The SMILES string of the molecule is O=C(O)CCN(Cc1ccccc1)C(=O)COC(=O)Nc1cccc2c1CN(C1CCC(=O)NC1=O)C2=O. The summed E-state index contributed by atoms with van der Waals surface area (Å²) >= 11 is 0. The van der Waals surface area contributed by atoms with E-state index in [9.17, 15) is 28.8 Å². The molecule has 12 heteroatoms. The monoisotopic (exact) mass is 522 g/mol. The molecule has 0 bridgehead atoms. The Bertz CT molecular complexity index is 1280. The number of carbonyl (C=O) groups is 6. The molecule has 2 aromatic rings. The molecule has 1 unspecified atom stereocenters. The number of hydrogen-bond donors (Lipinski definition) is 3. The van der Waals surface area contributed by atoms with Gasteiger partial charge in [-0.15, -0.1) is 0 Å². The fourth-order valence-corrected chi connectivity index (χ4v) is 4.39. The van der Waals surface area contributed by atoms with Crippen molar-refractivity contribution in [3.8, 4) is 0 Å². The van der Waals surface area contributed by atoms with Crippen LogP contribution < -0.4 is 10.6 Å². The summed E-state index contributed by atoms with van der Waals surface area (Å²) in [5, 5.41) is 13.8. The molecule has 3 N–H and O–H groups in total. The number of nitrogens with zero attached hydrogens (tertiary/aromatic N) is 2. The lowest BCUT2D eigenvalue weighted by Crippen LogP contribution is -2.52. The van der Waals surface area contributed by atoms with Crippen LogP contribution in [0.3, 0.4) is 0 Å². The zero-order chi connectivity index (χ0) is 27.2. The second-order valence-corrected chi connectivity index (χ2v) is 8.88. The molecule has 2 heterocycles. The highest BCUT2D eigenvalue weighted by Crippen LogP contribution is 2.32. The third kappa shape index (κ3) is 6.14. The standard InChI is InChI=1S/C26H26N4O8/c31-21-10-9-20(24(35)28-21)30-14-18-17(25(30)36)7-4-8-19(18)27-26(37)38-15-22(32)29(12-11-23(33)34)13-16-5-2-1-3-6-16/h1-8,20H,9-15H2,(H,27,37)(H,33,34)(H,28,31,35). The first-order valence-electron chi connectivity index (χ1n) is 12.0.